The van der Waals surface area contributed by atoms with E-state index >= 15 is 0 Å². The molecule has 2 N–H and O–H groups in total. The van der Waals surface area contributed by atoms with Crippen molar-refractivity contribution in [2.45, 2.75) is 32.2 Å². The molecule has 1 aromatic rings. The lowest BCUT2D eigenvalue weighted by molar-refractivity contribution is -0.920. The normalized spacial score (nSPS) is 22.6. The standard InChI is InChI=1S/C14H17F3N2O/c1-9-4-2-3-7-19(9)8-12(20)18-11-6-5-10(15)13(16)14(11)17/h5-6,9H,2-4,7-8H2,1H3,(H,18,20)/p+1/t9-/m1/s1. The third-order valence-electron chi connectivity index (χ3n) is 3.78. The van der Waals surface area contributed by atoms with Gasteiger partial charge in [0, 0.05) is 0 Å². The second-order valence-electron chi connectivity index (χ2n) is 5.25. The molecule has 6 heteroatoms. The molecule has 1 fully saturated rings. The second kappa shape index (κ2) is 6.26. The Labute approximate surface area is 115 Å². The van der Waals surface area contributed by atoms with Crippen LogP contribution in [0.4, 0.5) is 18.9 Å². The Bertz CT molecular complexity index is 507. The van der Waals surface area contributed by atoms with E-state index < -0.39 is 23.4 Å². The van der Waals surface area contributed by atoms with E-state index in [9.17, 15) is 18.0 Å². The first-order chi connectivity index (χ1) is 9.49. The summed E-state index contributed by atoms with van der Waals surface area (Å²) in [6.45, 7) is 3.17. The van der Waals surface area contributed by atoms with Crippen molar-refractivity contribution in [2.24, 2.45) is 0 Å². The molecule has 1 heterocycles. The number of carbonyl (C=O) groups excluding carboxylic acids is 1. The number of likely N-dealkylation sites (tertiary alicyclic amines) is 1. The van der Waals surface area contributed by atoms with Gasteiger partial charge in [-0.3, -0.25) is 4.79 Å². The number of quaternary nitrogens is 1. The molecule has 1 amide bonds. The number of carbonyl (C=O) groups is 1. The zero-order chi connectivity index (χ0) is 14.7. The Morgan fingerprint density at radius 1 is 1.30 bits per heavy atom. The molecule has 1 saturated heterocycles. The molecule has 1 aromatic carbocycles. The molecule has 0 aliphatic carbocycles. The minimum Gasteiger partial charge on any atom is -0.325 e. The Kier molecular flexibility index (Phi) is 4.65. The van der Waals surface area contributed by atoms with Crippen LogP contribution < -0.4 is 10.2 Å². The minimum atomic E-state index is -1.57. The Morgan fingerprint density at radius 2 is 2.05 bits per heavy atom. The summed E-state index contributed by atoms with van der Waals surface area (Å²) in [5.41, 5.74) is -0.321. The van der Waals surface area contributed by atoms with Crippen molar-refractivity contribution in [3.63, 3.8) is 0 Å². The van der Waals surface area contributed by atoms with Crippen LogP contribution in [0.2, 0.25) is 0 Å². The van der Waals surface area contributed by atoms with Gasteiger partial charge in [-0.2, -0.15) is 0 Å². The fraction of sp³-hybridized carbons (Fsp3) is 0.500. The SMILES string of the molecule is C[C@@H]1CCCC[NH+]1CC(=O)Nc1ccc(F)c(F)c1F. The molecule has 0 aromatic heterocycles. The second-order valence-corrected chi connectivity index (χ2v) is 5.25. The van der Waals surface area contributed by atoms with Gasteiger partial charge in [0.1, 0.15) is 0 Å². The quantitative estimate of drug-likeness (QED) is 0.812. The minimum absolute atomic E-state index is 0.208. The van der Waals surface area contributed by atoms with Crippen molar-refractivity contribution in [3.05, 3.63) is 29.6 Å². The van der Waals surface area contributed by atoms with E-state index in [1.54, 1.807) is 0 Å². The maximum Gasteiger partial charge on any atom is 0.279 e. The molecular weight excluding hydrogens is 269 g/mol. The van der Waals surface area contributed by atoms with Crippen molar-refractivity contribution in [2.75, 3.05) is 18.4 Å². The van der Waals surface area contributed by atoms with Crippen molar-refractivity contribution in [3.8, 4) is 0 Å². The van der Waals surface area contributed by atoms with Gasteiger partial charge >= 0.3 is 0 Å². The first-order valence-corrected chi connectivity index (χ1v) is 6.77. The highest BCUT2D eigenvalue weighted by atomic mass is 19.2. The molecule has 1 aliphatic heterocycles. The van der Waals surface area contributed by atoms with E-state index in [4.69, 9.17) is 0 Å². The smallest absolute Gasteiger partial charge is 0.279 e. The van der Waals surface area contributed by atoms with Crippen LogP contribution in [0.3, 0.4) is 0 Å². The van der Waals surface area contributed by atoms with Gasteiger partial charge in [-0.05, 0) is 38.3 Å². The number of rotatable bonds is 3. The summed E-state index contributed by atoms with van der Waals surface area (Å²) < 4.78 is 39.3. The summed E-state index contributed by atoms with van der Waals surface area (Å²) in [6.07, 6.45) is 3.28. The van der Waals surface area contributed by atoms with E-state index in [-0.39, 0.29) is 12.2 Å². The van der Waals surface area contributed by atoms with E-state index in [2.05, 4.69) is 12.2 Å². The molecule has 110 valence electrons. The first-order valence-electron chi connectivity index (χ1n) is 6.77. The number of benzene rings is 1. The van der Waals surface area contributed by atoms with Gasteiger partial charge in [0.05, 0.1) is 18.3 Å². The molecule has 0 radical (unpaired) electrons. The number of hydrogen-bond acceptors (Lipinski definition) is 1. The van der Waals surface area contributed by atoms with E-state index in [0.717, 1.165) is 42.8 Å². The van der Waals surface area contributed by atoms with Gasteiger partial charge in [0.25, 0.3) is 5.91 Å². The molecule has 2 atom stereocenters. The van der Waals surface area contributed by atoms with Crippen molar-refractivity contribution in [1.82, 2.24) is 0 Å². The zero-order valence-electron chi connectivity index (χ0n) is 11.3. The topological polar surface area (TPSA) is 33.5 Å². The molecule has 0 spiro atoms. The van der Waals surface area contributed by atoms with Gasteiger partial charge in [0.15, 0.2) is 24.0 Å². The molecule has 2 rings (SSSR count). The fourth-order valence-corrected chi connectivity index (χ4v) is 2.54. The largest absolute Gasteiger partial charge is 0.325 e. The molecule has 1 aliphatic rings. The zero-order valence-corrected chi connectivity index (χ0v) is 11.3. The van der Waals surface area contributed by atoms with E-state index in [1.807, 2.05) is 0 Å². The predicted molar refractivity (Wildman–Crippen MR) is 69.0 cm³/mol. The van der Waals surface area contributed by atoms with Crippen LogP contribution in [0.25, 0.3) is 0 Å². The number of hydrogen-bond donors (Lipinski definition) is 2. The number of halogens is 3. The average Bonchev–Trinajstić information content (AvgIpc) is 2.42. The van der Waals surface area contributed by atoms with Gasteiger partial charge in [-0.25, -0.2) is 13.2 Å². The highest BCUT2D eigenvalue weighted by Gasteiger charge is 2.25. The van der Waals surface area contributed by atoms with E-state index in [1.165, 1.54) is 0 Å². The monoisotopic (exact) mass is 287 g/mol. The van der Waals surface area contributed by atoms with Gasteiger partial charge < -0.3 is 10.2 Å². The first kappa shape index (κ1) is 14.8. The molecule has 0 saturated carbocycles. The van der Waals surface area contributed by atoms with Crippen LogP contribution >= 0.6 is 0 Å². The Morgan fingerprint density at radius 3 is 2.75 bits per heavy atom. The van der Waals surface area contributed by atoms with Crippen molar-refractivity contribution >= 4 is 11.6 Å². The van der Waals surface area contributed by atoms with Crippen LogP contribution in [0, 0.1) is 17.5 Å². The third-order valence-corrected chi connectivity index (χ3v) is 3.78. The van der Waals surface area contributed by atoms with Crippen LogP contribution in [0.1, 0.15) is 26.2 Å². The number of piperidine rings is 1. The van der Waals surface area contributed by atoms with Gasteiger partial charge in [-0.1, -0.05) is 0 Å². The summed E-state index contributed by atoms with van der Waals surface area (Å²) in [7, 11) is 0. The average molecular weight is 287 g/mol. The summed E-state index contributed by atoms with van der Waals surface area (Å²) in [5, 5.41) is 2.30. The van der Waals surface area contributed by atoms with Crippen LogP contribution in [0.5, 0.6) is 0 Å². The molecule has 20 heavy (non-hydrogen) atoms. The molecule has 0 bridgehead atoms. The maximum atomic E-state index is 13.4. The maximum absolute atomic E-state index is 13.4. The lowest BCUT2D eigenvalue weighted by atomic mass is 10.0. The van der Waals surface area contributed by atoms with Crippen molar-refractivity contribution in [1.29, 1.82) is 0 Å². The number of amides is 1. The Balaban J connectivity index is 1.99. The summed E-state index contributed by atoms with van der Waals surface area (Å²) in [4.78, 5) is 13.0. The highest BCUT2D eigenvalue weighted by molar-refractivity contribution is 5.91. The van der Waals surface area contributed by atoms with Crippen molar-refractivity contribution < 1.29 is 22.9 Å². The van der Waals surface area contributed by atoms with Crippen LogP contribution in [-0.4, -0.2) is 25.0 Å². The van der Waals surface area contributed by atoms with Gasteiger partial charge in [0.2, 0.25) is 0 Å². The summed E-state index contributed by atoms with van der Waals surface area (Å²) >= 11 is 0. The van der Waals surface area contributed by atoms with Crippen LogP contribution in [0.15, 0.2) is 12.1 Å². The number of nitrogens with one attached hydrogen (secondary N) is 2. The lowest BCUT2D eigenvalue weighted by Crippen LogP contribution is -3.17. The molecule has 1 unspecified atom stereocenters. The summed E-state index contributed by atoms with van der Waals surface area (Å²) in [5.74, 6) is -4.59. The fourth-order valence-electron chi connectivity index (χ4n) is 2.54. The van der Waals surface area contributed by atoms with E-state index in [0.29, 0.717) is 6.04 Å². The number of anilines is 1. The highest BCUT2D eigenvalue weighted by Crippen LogP contribution is 2.19. The summed E-state index contributed by atoms with van der Waals surface area (Å²) in [6, 6.07) is 2.20. The Hall–Kier alpha value is -1.56. The lowest BCUT2D eigenvalue weighted by Gasteiger charge is -2.29. The van der Waals surface area contributed by atoms with Crippen LogP contribution in [-0.2, 0) is 4.79 Å². The molecular formula is C14H18F3N2O+. The van der Waals surface area contributed by atoms with Gasteiger partial charge in [-0.15, -0.1) is 0 Å². The molecule has 3 nitrogen and oxygen atoms in total. The third kappa shape index (κ3) is 3.30. The predicted octanol–water partition coefficient (Wildman–Crippen LogP) is 1.50.